The number of aromatic nitrogens is 1. The van der Waals surface area contributed by atoms with Gasteiger partial charge >= 0.3 is 0 Å². The van der Waals surface area contributed by atoms with Gasteiger partial charge in [0.25, 0.3) is 0 Å². The Morgan fingerprint density at radius 3 is 2.69 bits per heavy atom. The molecule has 0 unspecified atom stereocenters. The van der Waals surface area contributed by atoms with Crippen LogP contribution in [0.2, 0.25) is 0 Å². The Bertz CT molecular complexity index is 703. The summed E-state index contributed by atoms with van der Waals surface area (Å²) in [4.78, 5) is 9.27. The number of rotatable bonds is 8. The summed E-state index contributed by atoms with van der Waals surface area (Å²) in [5.74, 6) is 1.70. The molecule has 0 bridgehead atoms. The lowest BCUT2D eigenvalue weighted by Gasteiger charge is -2.12. The van der Waals surface area contributed by atoms with Crippen LogP contribution in [0.3, 0.4) is 0 Å². The summed E-state index contributed by atoms with van der Waals surface area (Å²) in [6.45, 7) is 11.0. The quantitative estimate of drug-likeness (QED) is 0.331. The fraction of sp³-hybridized carbons (Fsp3) is 0.474. The van der Waals surface area contributed by atoms with Gasteiger partial charge in [0, 0.05) is 17.5 Å². The zero-order valence-electron chi connectivity index (χ0n) is 16.0. The molecule has 0 fully saturated rings. The monoisotopic (exact) mass is 488 g/mol. The highest BCUT2D eigenvalue weighted by atomic mass is 127. The minimum atomic E-state index is 0. The molecule has 1 aromatic carbocycles. The predicted octanol–water partition coefficient (Wildman–Crippen LogP) is 4.29. The smallest absolute Gasteiger partial charge is 0.191 e. The zero-order valence-corrected chi connectivity index (χ0v) is 19.1. The molecule has 0 radical (unpaired) electrons. The minimum Gasteiger partial charge on any atom is -0.494 e. The Morgan fingerprint density at radius 1 is 1.23 bits per heavy atom. The molecule has 5 nitrogen and oxygen atoms in total. The Hall–Kier alpha value is -1.35. The standard InChI is InChI=1S/C19H28N4OS.HI/c1-5-18-23-16(13-25-18)12-22-19(20-6-2)21-11-15-9-8-14(4)10-17(15)24-7-3;/h8-10,13H,5-7,11-12H2,1-4H3,(H2,20,21,22);1H. The largest absolute Gasteiger partial charge is 0.494 e. The van der Waals surface area contributed by atoms with Crippen molar-refractivity contribution in [3.63, 3.8) is 0 Å². The van der Waals surface area contributed by atoms with E-state index in [1.807, 2.05) is 6.92 Å². The molecular weight excluding hydrogens is 459 g/mol. The van der Waals surface area contributed by atoms with Gasteiger partial charge in [-0.2, -0.15) is 0 Å². The van der Waals surface area contributed by atoms with Crippen molar-refractivity contribution in [3.05, 3.63) is 45.4 Å². The van der Waals surface area contributed by atoms with Crippen LogP contribution in [0.25, 0.3) is 0 Å². The van der Waals surface area contributed by atoms with Crippen molar-refractivity contribution in [1.29, 1.82) is 0 Å². The van der Waals surface area contributed by atoms with E-state index in [9.17, 15) is 0 Å². The van der Waals surface area contributed by atoms with Crippen molar-refractivity contribution in [2.75, 3.05) is 13.2 Å². The van der Waals surface area contributed by atoms with E-state index in [1.165, 1.54) is 10.6 Å². The van der Waals surface area contributed by atoms with E-state index < -0.39 is 0 Å². The molecule has 0 amide bonds. The van der Waals surface area contributed by atoms with Crippen LogP contribution >= 0.6 is 35.3 Å². The Labute approximate surface area is 177 Å². The average Bonchev–Trinajstić information content (AvgIpc) is 3.07. The molecule has 2 aromatic rings. The first-order valence-electron chi connectivity index (χ1n) is 8.84. The molecule has 0 spiro atoms. The average molecular weight is 488 g/mol. The van der Waals surface area contributed by atoms with Gasteiger partial charge in [-0.25, -0.2) is 9.98 Å². The molecule has 2 rings (SSSR count). The number of hydrogen-bond donors (Lipinski definition) is 2. The number of nitrogens with one attached hydrogen (secondary N) is 2. The van der Waals surface area contributed by atoms with Gasteiger partial charge < -0.3 is 15.4 Å². The third kappa shape index (κ3) is 7.11. The SMILES string of the molecule is CCNC(=NCc1ccc(C)cc1OCC)NCc1csc(CC)n1.I. The lowest BCUT2D eigenvalue weighted by molar-refractivity contribution is 0.336. The third-order valence-electron chi connectivity index (χ3n) is 3.61. The number of aryl methyl sites for hydroxylation is 2. The molecule has 0 saturated heterocycles. The minimum absolute atomic E-state index is 0. The van der Waals surface area contributed by atoms with Crippen molar-refractivity contribution in [2.24, 2.45) is 4.99 Å². The molecule has 1 heterocycles. The highest BCUT2D eigenvalue weighted by Crippen LogP contribution is 2.21. The molecule has 0 aliphatic rings. The van der Waals surface area contributed by atoms with Crippen LogP contribution in [-0.4, -0.2) is 24.1 Å². The topological polar surface area (TPSA) is 58.5 Å². The van der Waals surface area contributed by atoms with Gasteiger partial charge in [0.2, 0.25) is 0 Å². The molecule has 1 aromatic heterocycles. The number of halogens is 1. The summed E-state index contributed by atoms with van der Waals surface area (Å²) in [6.07, 6.45) is 0.979. The van der Waals surface area contributed by atoms with E-state index in [-0.39, 0.29) is 24.0 Å². The first kappa shape index (κ1) is 22.7. The van der Waals surface area contributed by atoms with Gasteiger partial charge in [0.15, 0.2) is 5.96 Å². The van der Waals surface area contributed by atoms with E-state index in [1.54, 1.807) is 11.3 Å². The van der Waals surface area contributed by atoms with E-state index in [0.717, 1.165) is 35.9 Å². The molecule has 0 saturated carbocycles. The Morgan fingerprint density at radius 2 is 2.04 bits per heavy atom. The van der Waals surface area contributed by atoms with Gasteiger partial charge in [-0.05, 0) is 38.8 Å². The van der Waals surface area contributed by atoms with Gasteiger partial charge in [-0.15, -0.1) is 35.3 Å². The summed E-state index contributed by atoms with van der Waals surface area (Å²) in [5.41, 5.74) is 3.33. The van der Waals surface area contributed by atoms with Crippen LogP contribution in [0.5, 0.6) is 5.75 Å². The van der Waals surface area contributed by atoms with Gasteiger partial charge in [0.05, 0.1) is 30.4 Å². The van der Waals surface area contributed by atoms with Gasteiger partial charge in [-0.1, -0.05) is 19.1 Å². The second-order valence-corrected chi connectivity index (χ2v) is 6.62. The number of benzene rings is 1. The van der Waals surface area contributed by atoms with Crippen LogP contribution in [0.1, 0.15) is 42.6 Å². The number of thiazole rings is 1. The zero-order chi connectivity index (χ0) is 18.1. The first-order valence-corrected chi connectivity index (χ1v) is 9.72. The summed E-state index contributed by atoms with van der Waals surface area (Å²) in [6, 6.07) is 6.24. The molecule has 144 valence electrons. The van der Waals surface area contributed by atoms with E-state index in [0.29, 0.717) is 19.7 Å². The van der Waals surface area contributed by atoms with Crippen molar-refractivity contribution in [1.82, 2.24) is 15.6 Å². The van der Waals surface area contributed by atoms with Crippen molar-refractivity contribution >= 4 is 41.3 Å². The van der Waals surface area contributed by atoms with Crippen LogP contribution in [0.15, 0.2) is 28.6 Å². The number of guanidine groups is 1. The number of nitrogens with zero attached hydrogens (tertiary/aromatic N) is 2. The molecule has 7 heteroatoms. The van der Waals surface area contributed by atoms with Crippen LogP contribution in [-0.2, 0) is 19.5 Å². The molecule has 0 aliphatic heterocycles. The Balaban J connectivity index is 0.00000338. The van der Waals surface area contributed by atoms with E-state index in [4.69, 9.17) is 4.74 Å². The first-order chi connectivity index (χ1) is 12.2. The summed E-state index contributed by atoms with van der Waals surface area (Å²) in [7, 11) is 0. The maximum absolute atomic E-state index is 5.74. The lowest BCUT2D eigenvalue weighted by atomic mass is 10.1. The molecular formula is C19H29IN4OS. The van der Waals surface area contributed by atoms with Gasteiger partial charge in [-0.3, -0.25) is 0 Å². The van der Waals surface area contributed by atoms with Gasteiger partial charge in [0.1, 0.15) is 5.75 Å². The summed E-state index contributed by atoms with van der Waals surface area (Å²) < 4.78 is 5.74. The number of ether oxygens (including phenoxy) is 1. The molecule has 0 aliphatic carbocycles. The molecule has 26 heavy (non-hydrogen) atoms. The van der Waals surface area contributed by atoms with Crippen molar-refractivity contribution in [3.8, 4) is 5.75 Å². The predicted molar refractivity (Wildman–Crippen MR) is 121 cm³/mol. The maximum atomic E-state index is 5.74. The fourth-order valence-corrected chi connectivity index (χ4v) is 3.10. The van der Waals surface area contributed by atoms with Crippen molar-refractivity contribution < 1.29 is 4.74 Å². The Kier molecular flexibility index (Phi) is 10.6. The number of aliphatic imine (C=N–C) groups is 1. The third-order valence-corrected chi connectivity index (χ3v) is 4.65. The maximum Gasteiger partial charge on any atom is 0.191 e. The highest BCUT2D eigenvalue weighted by Gasteiger charge is 2.06. The molecule has 0 atom stereocenters. The number of hydrogen-bond acceptors (Lipinski definition) is 4. The highest BCUT2D eigenvalue weighted by molar-refractivity contribution is 14.0. The fourth-order valence-electron chi connectivity index (χ4n) is 2.36. The summed E-state index contributed by atoms with van der Waals surface area (Å²) >= 11 is 1.71. The summed E-state index contributed by atoms with van der Waals surface area (Å²) in [5, 5.41) is 9.90. The van der Waals surface area contributed by atoms with Crippen molar-refractivity contribution in [2.45, 2.75) is 47.2 Å². The normalized spacial score (nSPS) is 11.0. The van der Waals surface area contributed by atoms with Crippen LogP contribution < -0.4 is 15.4 Å². The van der Waals surface area contributed by atoms with Crippen LogP contribution in [0.4, 0.5) is 0 Å². The second kappa shape index (κ2) is 12.1. The van der Waals surface area contributed by atoms with E-state index >= 15 is 0 Å². The van der Waals surface area contributed by atoms with E-state index in [2.05, 4.69) is 65.0 Å². The lowest BCUT2D eigenvalue weighted by Crippen LogP contribution is -2.36. The molecule has 2 N–H and O–H groups in total. The van der Waals surface area contributed by atoms with Crippen LogP contribution in [0, 0.1) is 6.92 Å². The second-order valence-electron chi connectivity index (χ2n) is 5.68.